The van der Waals surface area contributed by atoms with E-state index in [1.165, 1.54) is 11.1 Å². The Hall–Kier alpha value is -1.95. The highest BCUT2D eigenvalue weighted by molar-refractivity contribution is 5.75. The Morgan fingerprint density at radius 1 is 1.30 bits per heavy atom. The molecule has 0 aromatic heterocycles. The number of rotatable bonds is 7. The lowest BCUT2D eigenvalue weighted by Crippen LogP contribution is -2.24. The molecule has 0 aliphatic heterocycles. The molecule has 1 aromatic rings. The molecule has 1 amide bonds. The standard InChI is InChI=1S/C17H23NO2/c1-4-5-6-11-18-17(19)8-7-12-20-16-10-9-14(2)15(3)13-16/h9-10,13H,6-8,11-12H2,1-3H3,(H,18,19). The number of nitrogens with one attached hydrogen (secondary N) is 1. The average molecular weight is 273 g/mol. The minimum atomic E-state index is 0.0617. The van der Waals surface area contributed by atoms with Gasteiger partial charge < -0.3 is 10.1 Å². The number of hydrogen-bond donors (Lipinski definition) is 1. The fourth-order valence-electron chi connectivity index (χ4n) is 1.70. The van der Waals surface area contributed by atoms with Gasteiger partial charge >= 0.3 is 0 Å². The van der Waals surface area contributed by atoms with E-state index in [1.807, 2.05) is 18.2 Å². The molecule has 0 saturated carbocycles. The highest BCUT2D eigenvalue weighted by atomic mass is 16.5. The molecule has 1 aromatic carbocycles. The largest absolute Gasteiger partial charge is 0.494 e. The van der Waals surface area contributed by atoms with E-state index in [2.05, 4.69) is 31.0 Å². The molecular formula is C17H23NO2. The maximum absolute atomic E-state index is 11.5. The molecule has 0 saturated heterocycles. The second-order valence-corrected chi connectivity index (χ2v) is 4.72. The van der Waals surface area contributed by atoms with E-state index in [9.17, 15) is 4.79 Å². The maximum Gasteiger partial charge on any atom is 0.220 e. The number of hydrogen-bond acceptors (Lipinski definition) is 2. The van der Waals surface area contributed by atoms with E-state index in [0.29, 0.717) is 26.0 Å². The quantitative estimate of drug-likeness (QED) is 0.612. The van der Waals surface area contributed by atoms with Crippen molar-refractivity contribution in [2.45, 2.75) is 40.0 Å². The Kier molecular flexibility index (Phi) is 7.27. The van der Waals surface area contributed by atoms with Crippen LogP contribution in [0, 0.1) is 25.7 Å². The van der Waals surface area contributed by atoms with Gasteiger partial charge in [0.25, 0.3) is 0 Å². The van der Waals surface area contributed by atoms with Gasteiger partial charge in [0.2, 0.25) is 5.91 Å². The van der Waals surface area contributed by atoms with E-state index in [-0.39, 0.29) is 5.91 Å². The van der Waals surface area contributed by atoms with Crippen LogP contribution in [0.3, 0.4) is 0 Å². The monoisotopic (exact) mass is 273 g/mol. The molecule has 3 nitrogen and oxygen atoms in total. The van der Waals surface area contributed by atoms with E-state index >= 15 is 0 Å². The zero-order chi connectivity index (χ0) is 14.8. The van der Waals surface area contributed by atoms with Gasteiger partial charge in [-0.05, 0) is 50.5 Å². The summed E-state index contributed by atoms with van der Waals surface area (Å²) in [6.45, 7) is 7.12. The van der Waals surface area contributed by atoms with Crippen molar-refractivity contribution in [1.29, 1.82) is 0 Å². The normalized spacial score (nSPS) is 9.55. The summed E-state index contributed by atoms with van der Waals surface area (Å²) in [6.07, 6.45) is 1.92. The number of amides is 1. The first kappa shape index (κ1) is 16.1. The molecule has 1 rings (SSSR count). The van der Waals surface area contributed by atoms with E-state index in [0.717, 1.165) is 12.2 Å². The molecule has 0 heterocycles. The van der Waals surface area contributed by atoms with Crippen molar-refractivity contribution in [2.24, 2.45) is 0 Å². The number of benzene rings is 1. The van der Waals surface area contributed by atoms with Crippen molar-refractivity contribution in [3.05, 3.63) is 29.3 Å². The Balaban J connectivity index is 2.15. The summed E-state index contributed by atoms with van der Waals surface area (Å²) >= 11 is 0. The molecular weight excluding hydrogens is 250 g/mol. The Bertz CT molecular complexity index is 497. The van der Waals surface area contributed by atoms with Crippen molar-refractivity contribution >= 4 is 5.91 Å². The highest BCUT2D eigenvalue weighted by Crippen LogP contribution is 2.16. The van der Waals surface area contributed by atoms with E-state index in [4.69, 9.17) is 4.74 Å². The third-order valence-electron chi connectivity index (χ3n) is 3.04. The second kappa shape index (κ2) is 9.03. The van der Waals surface area contributed by atoms with Crippen LogP contribution in [-0.2, 0) is 4.79 Å². The molecule has 0 fully saturated rings. The summed E-state index contributed by atoms with van der Waals surface area (Å²) in [5, 5.41) is 2.84. The third-order valence-corrected chi connectivity index (χ3v) is 3.04. The summed E-state index contributed by atoms with van der Waals surface area (Å²) in [4.78, 5) is 11.5. The minimum Gasteiger partial charge on any atom is -0.494 e. The van der Waals surface area contributed by atoms with Gasteiger partial charge in [0.15, 0.2) is 0 Å². The molecule has 1 N–H and O–H groups in total. The van der Waals surface area contributed by atoms with Gasteiger partial charge in [0, 0.05) is 19.4 Å². The van der Waals surface area contributed by atoms with Gasteiger partial charge in [-0.1, -0.05) is 6.07 Å². The van der Waals surface area contributed by atoms with Gasteiger partial charge in [-0.15, -0.1) is 11.8 Å². The first-order chi connectivity index (χ1) is 9.63. The molecule has 0 bridgehead atoms. The summed E-state index contributed by atoms with van der Waals surface area (Å²) in [6, 6.07) is 6.04. The van der Waals surface area contributed by atoms with Gasteiger partial charge in [0.05, 0.1) is 6.61 Å². The van der Waals surface area contributed by atoms with Gasteiger partial charge in [-0.3, -0.25) is 4.79 Å². The molecule has 0 atom stereocenters. The smallest absolute Gasteiger partial charge is 0.220 e. The molecule has 3 heteroatoms. The summed E-state index contributed by atoms with van der Waals surface area (Å²) in [5.41, 5.74) is 2.48. The molecule has 0 aliphatic rings. The van der Waals surface area contributed by atoms with Crippen molar-refractivity contribution in [3.8, 4) is 17.6 Å². The Morgan fingerprint density at radius 3 is 2.80 bits per heavy atom. The Morgan fingerprint density at radius 2 is 2.10 bits per heavy atom. The van der Waals surface area contributed by atoms with Crippen molar-refractivity contribution in [3.63, 3.8) is 0 Å². The summed E-state index contributed by atoms with van der Waals surface area (Å²) in [7, 11) is 0. The third kappa shape index (κ3) is 6.29. The summed E-state index contributed by atoms with van der Waals surface area (Å²) in [5.74, 6) is 6.64. The fourth-order valence-corrected chi connectivity index (χ4v) is 1.70. The fraction of sp³-hybridized carbons (Fsp3) is 0.471. The molecule has 108 valence electrons. The van der Waals surface area contributed by atoms with Gasteiger partial charge in [0.1, 0.15) is 5.75 Å². The molecule has 20 heavy (non-hydrogen) atoms. The van der Waals surface area contributed by atoms with Crippen molar-refractivity contribution < 1.29 is 9.53 Å². The summed E-state index contributed by atoms with van der Waals surface area (Å²) < 4.78 is 5.63. The maximum atomic E-state index is 11.5. The zero-order valence-electron chi connectivity index (χ0n) is 12.6. The van der Waals surface area contributed by atoms with Crippen molar-refractivity contribution in [2.75, 3.05) is 13.2 Å². The number of carbonyl (C=O) groups excluding carboxylic acids is 1. The first-order valence-electron chi connectivity index (χ1n) is 7.00. The predicted octanol–water partition coefficient (Wildman–Crippen LogP) is 2.99. The molecule has 0 unspecified atom stereocenters. The van der Waals surface area contributed by atoms with Gasteiger partial charge in [-0.25, -0.2) is 0 Å². The van der Waals surface area contributed by atoms with Crippen LogP contribution >= 0.6 is 0 Å². The van der Waals surface area contributed by atoms with Crippen molar-refractivity contribution in [1.82, 2.24) is 5.32 Å². The van der Waals surface area contributed by atoms with Crippen LogP contribution < -0.4 is 10.1 Å². The molecule has 0 radical (unpaired) electrons. The number of ether oxygens (including phenoxy) is 1. The second-order valence-electron chi connectivity index (χ2n) is 4.72. The van der Waals surface area contributed by atoms with Gasteiger partial charge in [-0.2, -0.15) is 0 Å². The van der Waals surface area contributed by atoms with Crippen LogP contribution in [0.5, 0.6) is 5.75 Å². The average Bonchev–Trinajstić information content (AvgIpc) is 2.43. The molecule has 0 spiro atoms. The van der Waals surface area contributed by atoms with Crippen LogP contribution in [-0.4, -0.2) is 19.1 Å². The molecule has 0 aliphatic carbocycles. The van der Waals surface area contributed by atoms with Crippen LogP contribution in [0.1, 0.15) is 37.3 Å². The number of aryl methyl sites for hydroxylation is 2. The lowest BCUT2D eigenvalue weighted by Gasteiger charge is -2.08. The van der Waals surface area contributed by atoms with Crippen LogP contribution in [0.4, 0.5) is 0 Å². The Labute approximate surface area is 121 Å². The first-order valence-corrected chi connectivity index (χ1v) is 7.00. The van der Waals surface area contributed by atoms with E-state index < -0.39 is 0 Å². The zero-order valence-corrected chi connectivity index (χ0v) is 12.6. The van der Waals surface area contributed by atoms with Crippen LogP contribution in [0.2, 0.25) is 0 Å². The predicted molar refractivity (Wildman–Crippen MR) is 81.7 cm³/mol. The lowest BCUT2D eigenvalue weighted by molar-refractivity contribution is -0.121. The minimum absolute atomic E-state index is 0.0617. The number of carbonyl (C=O) groups is 1. The SMILES string of the molecule is CC#CCCNC(=O)CCCOc1ccc(C)c(C)c1. The lowest BCUT2D eigenvalue weighted by atomic mass is 10.1. The van der Waals surface area contributed by atoms with Crippen LogP contribution in [0.15, 0.2) is 18.2 Å². The highest BCUT2D eigenvalue weighted by Gasteiger charge is 2.01. The van der Waals surface area contributed by atoms with E-state index in [1.54, 1.807) is 6.92 Å². The van der Waals surface area contributed by atoms with Crippen LogP contribution in [0.25, 0.3) is 0 Å². The topological polar surface area (TPSA) is 38.3 Å².